The van der Waals surface area contributed by atoms with Gasteiger partial charge in [0.15, 0.2) is 0 Å². The molecule has 1 aliphatic rings. The Balaban J connectivity index is 2.55. The fraction of sp³-hybridized carbons (Fsp3) is 0.833. The van der Waals surface area contributed by atoms with Crippen LogP contribution in [-0.2, 0) is 0 Å². The van der Waals surface area contributed by atoms with Gasteiger partial charge in [0.1, 0.15) is 0 Å². The SMILES string of the molecule is C=C(C(O)C1CCCCC1)[Si](C)(C)C. The van der Waals surface area contributed by atoms with E-state index in [1.54, 1.807) is 0 Å². The molecular formula is C12H24OSi. The fourth-order valence-electron chi connectivity index (χ4n) is 2.18. The smallest absolute Gasteiger partial charge is 0.0750 e. The van der Waals surface area contributed by atoms with Gasteiger partial charge in [-0.2, -0.15) is 0 Å². The predicted molar refractivity (Wildman–Crippen MR) is 65.1 cm³/mol. The van der Waals surface area contributed by atoms with E-state index in [0.29, 0.717) is 5.92 Å². The number of hydrogen-bond acceptors (Lipinski definition) is 1. The molecule has 14 heavy (non-hydrogen) atoms. The first-order chi connectivity index (χ1) is 6.43. The Morgan fingerprint density at radius 2 is 1.71 bits per heavy atom. The number of aliphatic hydroxyl groups is 1. The molecule has 0 amide bonds. The molecule has 1 fully saturated rings. The molecule has 0 bridgehead atoms. The normalized spacial score (nSPS) is 22.0. The molecule has 0 aliphatic heterocycles. The average Bonchev–Trinajstić information content (AvgIpc) is 2.15. The highest BCUT2D eigenvalue weighted by Crippen LogP contribution is 2.31. The van der Waals surface area contributed by atoms with Gasteiger partial charge in [-0.1, -0.05) is 44.1 Å². The van der Waals surface area contributed by atoms with E-state index in [2.05, 4.69) is 26.2 Å². The molecule has 1 rings (SSSR count). The van der Waals surface area contributed by atoms with Crippen molar-refractivity contribution in [2.45, 2.75) is 57.8 Å². The average molecular weight is 212 g/mol. The van der Waals surface area contributed by atoms with E-state index in [9.17, 15) is 5.11 Å². The Morgan fingerprint density at radius 1 is 1.21 bits per heavy atom. The van der Waals surface area contributed by atoms with Crippen molar-refractivity contribution in [3.8, 4) is 0 Å². The second-order valence-corrected chi connectivity index (χ2v) is 10.8. The minimum Gasteiger partial charge on any atom is -0.389 e. The van der Waals surface area contributed by atoms with Crippen LogP contribution in [0.15, 0.2) is 11.8 Å². The summed E-state index contributed by atoms with van der Waals surface area (Å²) in [6, 6.07) is 0. The van der Waals surface area contributed by atoms with Crippen molar-refractivity contribution in [3.63, 3.8) is 0 Å². The standard InChI is InChI=1S/C12H24OSi/c1-10(14(2,3)4)12(13)11-8-6-5-7-9-11/h11-13H,1,5-9H2,2-4H3. The van der Waals surface area contributed by atoms with Gasteiger partial charge in [0.25, 0.3) is 0 Å². The van der Waals surface area contributed by atoms with Crippen molar-refractivity contribution in [2.24, 2.45) is 5.92 Å². The van der Waals surface area contributed by atoms with Gasteiger partial charge in [-0.3, -0.25) is 0 Å². The van der Waals surface area contributed by atoms with E-state index < -0.39 is 8.07 Å². The first-order valence-electron chi connectivity index (χ1n) is 5.80. The second-order valence-electron chi connectivity index (χ2n) is 5.62. The molecule has 82 valence electrons. The van der Waals surface area contributed by atoms with E-state index in [1.165, 1.54) is 32.1 Å². The van der Waals surface area contributed by atoms with Crippen molar-refractivity contribution >= 4 is 8.07 Å². The van der Waals surface area contributed by atoms with Gasteiger partial charge in [-0.15, -0.1) is 6.58 Å². The van der Waals surface area contributed by atoms with Gasteiger partial charge in [0.2, 0.25) is 0 Å². The zero-order chi connectivity index (χ0) is 10.8. The zero-order valence-corrected chi connectivity index (χ0v) is 10.8. The molecular weight excluding hydrogens is 188 g/mol. The van der Waals surface area contributed by atoms with Crippen LogP contribution in [-0.4, -0.2) is 19.3 Å². The first-order valence-corrected chi connectivity index (χ1v) is 9.30. The van der Waals surface area contributed by atoms with Crippen LogP contribution < -0.4 is 0 Å². The molecule has 1 N–H and O–H groups in total. The maximum atomic E-state index is 10.2. The summed E-state index contributed by atoms with van der Waals surface area (Å²) in [7, 11) is -1.35. The van der Waals surface area contributed by atoms with Crippen molar-refractivity contribution in [3.05, 3.63) is 11.8 Å². The molecule has 0 aromatic carbocycles. The van der Waals surface area contributed by atoms with Crippen molar-refractivity contribution < 1.29 is 5.11 Å². The topological polar surface area (TPSA) is 20.2 Å². The largest absolute Gasteiger partial charge is 0.389 e. The van der Waals surface area contributed by atoms with Gasteiger partial charge in [-0.25, -0.2) is 0 Å². The minimum atomic E-state index is -1.35. The highest BCUT2D eigenvalue weighted by Gasteiger charge is 2.30. The molecule has 1 atom stereocenters. The molecule has 1 aliphatic carbocycles. The third kappa shape index (κ3) is 2.96. The molecule has 0 heterocycles. The number of hydrogen-bond donors (Lipinski definition) is 1. The maximum absolute atomic E-state index is 10.2. The Hall–Kier alpha value is -0.0831. The lowest BCUT2D eigenvalue weighted by Gasteiger charge is -2.32. The molecule has 2 heteroatoms. The summed E-state index contributed by atoms with van der Waals surface area (Å²) in [6.45, 7) is 10.9. The van der Waals surface area contributed by atoms with Crippen molar-refractivity contribution in [2.75, 3.05) is 0 Å². The zero-order valence-electron chi connectivity index (χ0n) is 9.84. The molecule has 1 nitrogen and oxygen atoms in total. The van der Waals surface area contributed by atoms with Gasteiger partial charge < -0.3 is 5.11 Å². The lowest BCUT2D eigenvalue weighted by Crippen LogP contribution is -2.36. The molecule has 0 radical (unpaired) electrons. The van der Waals surface area contributed by atoms with Gasteiger partial charge in [0, 0.05) is 0 Å². The van der Waals surface area contributed by atoms with Crippen LogP contribution >= 0.6 is 0 Å². The Kier molecular flexibility index (Phi) is 3.96. The Morgan fingerprint density at radius 3 is 2.14 bits per heavy atom. The molecule has 0 spiro atoms. The summed E-state index contributed by atoms with van der Waals surface area (Å²) < 4.78 is 0. The molecule has 0 aromatic rings. The lowest BCUT2D eigenvalue weighted by molar-refractivity contribution is 0.120. The molecule has 0 saturated heterocycles. The van der Waals surface area contributed by atoms with E-state index in [-0.39, 0.29) is 6.10 Å². The van der Waals surface area contributed by atoms with E-state index in [0.717, 1.165) is 5.20 Å². The highest BCUT2D eigenvalue weighted by atomic mass is 28.3. The fourth-order valence-corrected chi connectivity index (χ4v) is 3.30. The Labute approximate surface area is 89.2 Å². The summed E-state index contributed by atoms with van der Waals surface area (Å²) in [4.78, 5) is 0. The third-order valence-corrected chi connectivity index (χ3v) is 5.64. The lowest BCUT2D eigenvalue weighted by atomic mass is 9.85. The van der Waals surface area contributed by atoms with E-state index in [1.807, 2.05) is 0 Å². The molecule has 1 saturated carbocycles. The minimum absolute atomic E-state index is 0.220. The third-order valence-electron chi connectivity index (χ3n) is 3.42. The summed E-state index contributed by atoms with van der Waals surface area (Å²) in [6.07, 6.45) is 6.11. The molecule has 1 unspecified atom stereocenters. The van der Waals surface area contributed by atoms with Crippen LogP contribution in [0, 0.1) is 5.92 Å². The van der Waals surface area contributed by atoms with Crippen LogP contribution in [0.3, 0.4) is 0 Å². The number of rotatable bonds is 3. The van der Waals surface area contributed by atoms with Gasteiger partial charge in [0.05, 0.1) is 14.2 Å². The van der Waals surface area contributed by atoms with Crippen molar-refractivity contribution in [1.29, 1.82) is 0 Å². The van der Waals surface area contributed by atoms with Crippen LogP contribution in [0.1, 0.15) is 32.1 Å². The predicted octanol–water partition coefficient (Wildman–Crippen LogP) is 3.36. The first kappa shape index (κ1) is 12.0. The van der Waals surface area contributed by atoms with Crippen LogP contribution in [0.5, 0.6) is 0 Å². The van der Waals surface area contributed by atoms with Gasteiger partial charge >= 0.3 is 0 Å². The summed E-state index contributed by atoms with van der Waals surface area (Å²) >= 11 is 0. The van der Waals surface area contributed by atoms with Crippen LogP contribution in [0.2, 0.25) is 19.6 Å². The second kappa shape index (κ2) is 4.62. The van der Waals surface area contributed by atoms with Crippen molar-refractivity contribution in [1.82, 2.24) is 0 Å². The highest BCUT2D eigenvalue weighted by molar-refractivity contribution is 6.83. The van der Waals surface area contributed by atoms with Crippen LogP contribution in [0.4, 0.5) is 0 Å². The van der Waals surface area contributed by atoms with E-state index in [4.69, 9.17) is 0 Å². The summed E-state index contributed by atoms with van der Waals surface area (Å²) in [5.74, 6) is 0.503. The Bertz CT molecular complexity index is 199. The molecule has 0 aromatic heterocycles. The number of aliphatic hydroxyl groups excluding tert-OH is 1. The monoisotopic (exact) mass is 212 g/mol. The van der Waals surface area contributed by atoms with E-state index >= 15 is 0 Å². The maximum Gasteiger partial charge on any atom is 0.0750 e. The summed E-state index contributed by atoms with van der Waals surface area (Å²) in [5.41, 5.74) is 0. The summed E-state index contributed by atoms with van der Waals surface area (Å²) in [5, 5.41) is 11.4. The van der Waals surface area contributed by atoms with Gasteiger partial charge in [-0.05, 0) is 18.8 Å². The quantitative estimate of drug-likeness (QED) is 0.711. The van der Waals surface area contributed by atoms with Crippen LogP contribution in [0.25, 0.3) is 0 Å².